The molecule has 2 aromatic rings. The van der Waals surface area contributed by atoms with Gasteiger partial charge in [-0.1, -0.05) is 48.5 Å². The first-order valence-corrected chi connectivity index (χ1v) is 11.7. The Morgan fingerprint density at radius 3 is 2.76 bits per heavy atom. The molecule has 3 amide bonds. The Labute approximate surface area is 199 Å². The van der Waals surface area contributed by atoms with Crippen LogP contribution in [0.5, 0.6) is 5.75 Å². The number of carbonyl (C=O) groups is 2. The van der Waals surface area contributed by atoms with E-state index in [-0.39, 0.29) is 18.0 Å². The molecule has 1 fully saturated rings. The maximum absolute atomic E-state index is 13.5. The number of hydrogen-bond acceptors (Lipinski definition) is 4. The molecule has 2 atom stereocenters. The van der Waals surface area contributed by atoms with Crippen LogP contribution < -0.4 is 10.1 Å². The van der Waals surface area contributed by atoms with Crippen molar-refractivity contribution < 1.29 is 19.1 Å². The summed E-state index contributed by atoms with van der Waals surface area (Å²) < 4.78 is 11.8. The average Bonchev–Trinajstić information content (AvgIpc) is 3.49. The van der Waals surface area contributed by atoms with Gasteiger partial charge in [-0.2, -0.15) is 0 Å². The molecule has 3 aliphatic heterocycles. The molecule has 1 saturated heterocycles. The van der Waals surface area contributed by atoms with Gasteiger partial charge in [0.05, 0.1) is 30.0 Å². The lowest BCUT2D eigenvalue weighted by molar-refractivity contribution is -0.127. The summed E-state index contributed by atoms with van der Waals surface area (Å²) in [5, 5.41) is 3.03. The molecule has 7 nitrogen and oxygen atoms in total. The zero-order valence-electron chi connectivity index (χ0n) is 19.1. The van der Waals surface area contributed by atoms with Crippen molar-refractivity contribution in [3.05, 3.63) is 89.6 Å². The summed E-state index contributed by atoms with van der Waals surface area (Å²) in [5.41, 5.74) is 3.24. The lowest BCUT2D eigenvalue weighted by atomic mass is 9.95. The second-order valence-corrected chi connectivity index (χ2v) is 8.81. The van der Waals surface area contributed by atoms with Crippen molar-refractivity contribution in [3.8, 4) is 5.75 Å². The zero-order valence-corrected chi connectivity index (χ0v) is 19.1. The first-order chi connectivity index (χ1) is 16.6. The zero-order chi connectivity index (χ0) is 23.5. The van der Waals surface area contributed by atoms with Crippen molar-refractivity contribution in [2.75, 3.05) is 26.2 Å². The highest BCUT2D eigenvalue weighted by atomic mass is 16.5. The number of benzene rings is 2. The number of ether oxygens (including phenoxy) is 2. The molecule has 1 N–H and O–H groups in total. The summed E-state index contributed by atoms with van der Waals surface area (Å²) in [6.45, 7) is 6.24. The van der Waals surface area contributed by atoms with Gasteiger partial charge in [-0.25, -0.2) is 4.79 Å². The third-order valence-corrected chi connectivity index (χ3v) is 6.50. The number of carbonyl (C=O) groups excluding carboxylic acids is 2. The Morgan fingerprint density at radius 1 is 1.15 bits per heavy atom. The van der Waals surface area contributed by atoms with E-state index in [1.165, 1.54) is 0 Å². The predicted molar refractivity (Wildman–Crippen MR) is 128 cm³/mol. The maximum Gasteiger partial charge on any atom is 0.322 e. The van der Waals surface area contributed by atoms with Crippen LogP contribution in [0.3, 0.4) is 0 Å². The molecule has 7 heteroatoms. The number of rotatable bonds is 8. The van der Waals surface area contributed by atoms with Crippen LogP contribution in [0.15, 0.2) is 78.5 Å². The minimum absolute atomic E-state index is 0.0509. The van der Waals surface area contributed by atoms with Crippen LogP contribution in [-0.4, -0.2) is 54.1 Å². The Bertz CT molecular complexity index is 1110. The van der Waals surface area contributed by atoms with Gasteiger partial charge >= 0.3 is 6.03 Å². The fourth-order valence-electron chi connectivity index (χ4n) is 4.83. The van der Waals surface area contributed by atoms with Crippen molar-refractivity contribution in [1.82, 2.24) is 15.1 Å². The van der Waals surface area contributed by atoms with E-state index >= 15 is 0 Å². The van der Waals surface area contributed by atoms with E-state index in [0.29, 0.717) is 37.6 Å². The van der Waals surface area contributed by atoms with Crippen LogP contribution in [0, 0.1) is 0 Å². The SMILES string of the molecule is C=CCN1C(=O)N[C@H](c2cccc(OCc3ccccc3)c2)C2=C1CN(C[C@H]1CCCO1)C2=O. The van der Waals surface area contributed by atoms with Crippen LogP contribution >= 0.6 is 0 Å². The average molecular weight is 460 g/mol. The summed E-state index contributed by atoms with van der Waals surface area (Å²) in [7, 11) is 0. The summed E-state index contributed by atoms with van der Waals surface area (Å²) >= 11 is 0. The lowest BCUT2D eigenvalue weighted by Crippen LogP contribution is -2.47. The van der Waals surface area contributed by atoms with E-state index < -0.39 is 6.04 Å². The van der Waals surface area contributed by atoms with Crippen molar-refractivity contribution in [3.63, 3.8) is 0 Å². The van der Waals surface area contributed by atoms with Crippen molar-refractivity contribution in [2.45, 2.75) is 31.6 Å². The van der Waals surface area contributed by atoms with Gasteiger partial charge < -0.3 is 19.7 Å². The molecule has 34 heavy (non-hydrogen) atoms. The molecule has 3 aliphatic rings. The topological polar surface area (TPSA) is 71.1 Å². The van der Waals surface area contributed by atoms with Crippen LogP contribution in [0.25, 0.3) is 0 Å². The van der Waals surface area contributed by atoms with E-state index in [2.05, 4.69) is 11.9 Å². The molecule has 176 valence electrons. The van der Waals surface area contributed by atoms with Crippen LogP contribution in [0.2, 0.25) is 0 Å². The molecule has 3 heterocycles. The van der Waals surface area contributed by atoms with Gasteiger partial charge in [-0.05, 0) is 36.1 Å². The lowest BCUT2D eigenvalue weighted by Gasteiger charge is -2.33. The molecule has 0 aromatic heterocycles. The van der Waals surface area contributed by atoms with E-state index in [1.54, 1.807) is 15.9 Å². The molecule has 5 rings (SSSR count). The number of amides is 3. The number of nitrogens with zero attached hydrogens (tertiary/aromatic N) is 2. The van der Waals surface area contributed by atoms with E-state index in [4.69, 9.17) is 9.47 Å². The molecule has 0 saturated carbocycles. The fourth-order valence-corrected chi connectivity index (χ4v) is 4.83. The Hall–Kier alpha value is -3.58. The van der Waals surface area contributed by atoms with Gasteiger partial charge in [0.1, 0.15) is 12.4 Å². The first-order valence-electron chi connectivity index (χ1n) is 11.7. The highest BCUT2D eigenvalue weighted by Crippen LogP contribution is 2.37. The summed E-state index contributed by atoms with van der Waals surface area (Å²) in [4.78, 5) is 30.0. The van der Waals surface area contributed by atoms with Crippen LogP contribution in [0.1, 0.15) is 30.0 Å². The van der Waals surface area contributed by atoms with Crippen molar-refractivity contribution >= 4 is 11.9 Å². The molecular weight excluding hydrogens is 430 g/mol. The number of nitrogens with one attached hydrogen (secondary N) is 1. The van der Waals surface area contributed by atoms with Gasteiger partial charge in [0.25, 0.3) is 5.91 Å². The van der Waals surface area contributed by atoms with Gasteiger partial charge in [-0.15, -0.1) is 6.58 Å². The predicted octanol–water partition coefficient (Wildman–Crippen LogP) is 3.79. The van der Waals surface area contributed by atoms with Crippen LogP contribution in [-0.2, 0) is 16.1 Å². The third kappa shape index (κ3) is 4.43. The van der Waals surface area contributed by atoms with Crippen molar-refractivity contribution in [2.24, 2.45) is 0 Å². The maximum atomic E-state index is 13.5. The normalized spacial score (nSPS) is 22.1. The van der Waals surface area contributed by atoms with E-state index in [0.717, 1.165) is 36.3 Å². The van der Waals surface area contributed by atoms with Crippen molar-refractivity contribution in [1.29, 1.82) is 0 Å². The summed E-state index contributed by atoms with van der Waals surface area (Å²) in [6, 6.07) is 16.8. The summed E-state index contributed by atoms with van der Waals surface area (Å²) in [6.07, 6.45) is 3.69. The highest BCUT2D eigenvalue weighted by Gasteiger charge is 2.44. The van der Waals surface area contributed by atoms with Gasteiger partial charge in [-0.3, -0.25) is 9.69 Å². The Morgan fingerprint density at radius 2 is 2.00 bits per heavy atom. The first kappa shape index (κ1) is 22.2. The van der Waals surface area contributed by atoms with E-state index in [1.807, 2.05) is 54.6 Å². The molecule has 0 bridgehead atoms. The van der Waals surface area contributed by atoms with E-state index in [9.17, 15) is 9.59 Å². The smallest absolute Gasteiger partial charge is 0.322 e. The minimum Gasteiger partial charge on any atom is -0.489 e. The Balaban J connectivity index is 1.41. The molecule has 0 spiro atoms. The van der Waals surface area contributed by atoms with Gasteiger partial charge in [0.15, 0.2) is 0 Å². The number of hydrogen-bond donors (Lipinski definition) is 1. The highest BCUT2D eigenvalue weighted by molar-refractivity contribution is 6.01. The van der Waals surface area contributed by atoms with Crippen LogP contribution in [0.4, 0.5) is 4.79 Å². The molecule has 0 unspecified atom stereocenters. The molecule has 2 aromatic carbocycles. The largest absolute Gasteiger partial charge is 0.489 e. The quantitative estimate of drug-likeness (QED) is 0.610. The fraction of sp³-hybridized carbons (Fsp3) is 0.333. The minimum atomic E-state index is -0.536. The summed E-state index contributed by atoms with van der Waals surface area (Å²) in [5.74, 6) is 0.633. The molecular formula is C27H29N3O4. The van der Waals surface area contributed by atoms with Gasteiger partial charge in [0.2, 0.25) is 0 Å². The second-order valence-electron chi connectivity index (χ2n) is 8.81. The number of urea groups is 1. The third-order valence-electron chi connectivity index (χ3n) is 6.50. The standard InChI is InChI=1S/C27H29N3O4/c1-2-13-30-23-17-29(16-22-12-7-14-33-22)26(31)24(23)25(28-27(30)32)20-10-6-11-21(15-20)34-18-19-8-4-3-5-9-19/h2-6,8-11,15,22,25H,1,7,12-14,16-18H2,(H,28,32)/t22-,25-/m1/s1. The van der Waals surface area contributed by atoms with Gasteiger partial charge in [0, 0.05) is 19.7 Å². The second kappa shape index (κ2) is 9.73. The Kier molecular flexibility index (Phi) is 6.36. The monoisotopic (exact) mass is 459 g/mol. The molecule has 0 aliphatic carbocycles. The molecule has 0 radical (unpaired) electrons.